The molecule has 0 saturated carbocycles. The van der Waals surface area contributed by atoms with Crippen LogP contribution in [0, 0.1) is 11.7 Å². The van der Waals surface area contributed by atoms with Gasteiger partial charge in [0.15, 0.2) is 5.78 Å². The number of piperidine rings is 1. The summed E-state index contributed by atoms with van der Waals surface area (Å²) >= 11 is 3.24. The Kier molecular flexibility index (Phi) is 4.51. The average Bonchev–Trinajstić information content (AvgIpc) is 2.28. The molecule has 1 aliphatic rings. The van der Waals surface area contributed by atoms with E-state index in [9.17, 15) is 9.18 Å². The van der Waals surface area contributed by atoms with Gasteiger partial charge in [0.2, 0.25) is 0 Å². The first kappa shape index (κ1) is 13.7. The molecule has 0 aliphatic carbocycles. The lowest BCUT2D eigenvalue weighted by atomic mass is 9.90. The van der Waals surface area contributed by atoms with E-state index in [1.807, 2.05) is 0 Å². The quantitative estimate of drug-likeness (QED) is 0.865. The second-order valence-electron chi connectivity index (χ2n) is 5.03. The van der Waals surface area contributed by atoms with Crippen LogP contribution in [0.5, 0.6) is 0 Å². The number of carbonyl (C=O) groups excluding carboxylic acids is 1. The van der Waals surface area contributed by atoms with Gasteiger partial charge in [0.05, 0.1) is 0 Å². The fourth-order valence-corrected chi connectivity index (χ4v) is 3.00. The summed E-state index contributed by atoms with van der Waals surface area (Å²) in [5, 5.41) is 3.37. The summed E-state index contributed by atoms with van der Waals surface area (Å²) in [6, 6.07) is 4.46. The topological polar surface area (TPSA) is 29.1 Å². The summed E-state index contributed by atoms with van der Waals surface area (Å²) in [7, 11) is 0. The number of hydrogen-bond donors (Lipinski definition) is 1. The Labute approximate surface area is 115 Å². The Hall–Kier alpha value is -0.740. The van der Waals surface area contributed by atoms with Crippen LogP contribution in [0.25, 0.3) is 0 Å². The van der Waals surface area contributed by atoms with Gasteiger partial charge in [-0.25, -0.2) is 4.39 Å². The van der Waals surface area contributed by atoms with Crippen molar-refractivity contribution in [2.75, 3.05) is 6.54 Å². The lowest BCUT2D eigenvalue weighted by Crippen LogP contribution is -2.38. The van der Waals surface area contributed by atoms with Gasteiger partial charge >= 0.3 is 0 Å². The second-order valence-corrected chi connectivity index (χ2v) is 5.89. The molecule has 1 saturated heterocycles. The van der Waals surface area contributed by atoms with Gasteiger partial charge in [-0.3, -0.25) is 4.79 Å². The van der Waals surface area contributed by atoms with Gasteiger partial charge in [-0.05, 0) is 59.4 Å². The van der Waals surface area contributed by atoms with Crippen molar-refractivity contribution in [3.05, 3.63) is 34.1 Å². The highest BCUT2D eigenvalue weighted by Gasteiger charge is 2.22. The minimum atomic E-state index is -0.331. The van der Waals surface area contributed by atoms with E-state index in [1.165, 1.54) is 18.6 Å². The predicted octanol–water partition coefficient (Wildman–Crippen LogP) is 3.55. The highest BCUT2D eigenvalue weighted by atomic mass is 79.9. The first-order chi connectivity index (χ1) is 8.56. The van der Waals surface area contributed by atoms with E-state index in [4.69, 9.17) is 0 Å². The molecule has 1 aliphatic heterocycles. The fraction of sp³-hybridized carbons (Fsp3) is 0.500. The number of Topliss-reactive ketones (excluding diaryl/α,β-unsaturated/α-hetero) is 1. The zero-order valence-electron chi connectivity index (χ0n) is 10.4. The summed E-state index contributed by atoms with van der Waals surface area (Å²) in [5.41, 5.74) is 0.566. The minimum absolute atomic E-state index is 0.0634. The summed E-state index contributed by atoms with van der Waals surface area (Å²) in [4.78, 5) is 12.2. The van der Waals surface area contributed by atoms with Crippen molar-refractivity contribution < 1.29 is 9.18 Å². The fourth-order valence-electron chi connectivity index (χ4n) is 2.43. The number of halogens is 2. The zero-order valence-corrected chi connectivity index (χ0v) is 12.0. The second kappa shape index (κ2) is 5.93. The highest BCUT2D eigenvalue weighted by molar-refractivity contribution is 9.10. The van der Waals surface area contributed by atoms with E-state index in [0.29, 0.717) is 22.4 Å². The predicted molar refractivity (Wildman–Crippen MR) is 73.2 cm³/mol. The summed E-state index contributed by atoms with van der Waals surface area (Å²) in [6.07, 6.45) is 2.68. The van der Waals surface area contributed by atoms with Gasteiger partial charge in [0.25, 0.3) is 0 Å². The van der Waals surface area contributed by atoms with E-state index in [1.54, 1.807) is 6.07 Å². The molecule has 0 radical (unpaired) electrons. The van der Waals surface area contributed by atoms with Crippen LogP contribution in [0.2, 0.25) is 0 Å². The molecule has 2 atom stereocenters. The normalized spacial score (nSPS) is 23.9. The number of carbonyl (C=O) groups is 1. The van der Waals surface area contributed by atoms with Crippen molar-refractivity contribution >= 4 is 21.7 Å². The van der Waals surface area contributed by atoms with Gasteiger partial charge in [-0.15, -0.1) is 0 Å². The largest absolute Gasteiger partial charge is 0.314 e. The Morgan fingerprint density at radius 3 is 3.00 bits per heavy atom. The number of benzene rings is 1. The average molecular weight is 314 g/mol. The van der Waals surface area contributed by atoms with Crippen LogP contribution in [0.15, 0.2) is 22.7 Å². The molecule has 2 rings (SSSR count). The Morgan fingerprint density at radius 1 is 1.56 bits per heavy atom. The third-order valence-corrected chi connectivity index (χ3v) is 4.08. The van der Waals surface area contributed by atoms with Crippen molar-refractivity contribution in [3.8, 4) is 0 Å². The van der Waals surface area contributed by atoms with Crippen molar-refractivity contribution in [1.29, 1.82) is 0 Å². The molecule has 2 nitrogen and oxygen atoms in total. The molecular formula is C14H17BrFNO. The molecule has 98 valence electrons. The molecule has 0 bridgehead atoms. The number of rotatable bonds is 3. The molecule has 1 aromatic rings. The SMILES string of the molecule is CC1CCNC(CC(=O)c2ccc(F)cc2Br)C1. The molecule has 0 spiro atoms. The van der Waals surface area contributed by atoms with Crippen LogP contribution < -0.4 is 5.32 Å². The lowest BCUT2D eigenvalue weighted by molar-refractivity contribution is 0.0958. The van der Waals surface area contributed by atoms with E-state index in [0.717, 1.165) is 13.0 Å². The van der Waals surface area contributed by atoms with Crippen LogP contribution in [0.1, 0.15) is 36.5 Å². The zero-order chi connectivity index (χ0) is 13.1. The monoisotopic (exact) mass is 313 g/mol. The summed E-state index contributed by atoms with van der Waals surface area (Å²) in [5.74, 6) is 0.400. The standard InChI is InChI=1S/C14H17BrFNO/c1-9-4-5-17-11(6-9)8-14(18)12-3-2-10(16)7-13(12)15/h2-3,7,9,11,17H,4-6,8H2,1H3. The molecule has 0 aromatic heterocycles. The first-order valence-electron chi connectivity index (χ1n) is 6.28. The molecule has 4 heteroatoms. The first-order valence-corrected chi connectivity index (χ1v) is 7.07. The lowest BCUT2D eigenvalue weighted by Gasteiger charge is -2.27. The number of hydrogen-bond acceptors (Lipinski definition) is 2. The van der Waals surface area contributed by atoms with Crippen LogP contribution in [-0.4, -0.2) is 18.4 Å². The van der Waals surface area contributed by atoms with E-state index in [-0.39, 0.29) is 17.6 Å². The van der Waals surface area contributed by atoms with Gasteiger partial charge in [0.1, 0.15) is 5.82 Å². The van der Waals surface area contributed by atoms with Crippen LogP contribution in [0.4, 0.5) is 4.39 Å². The molecule has 0 amide bonds. The maximum atomic E-state index is 13.0. The van der Waals surface area contributed by atoms with E-state index >= 15 is 0 Å². The van der Waals surface area contributed by atoms with Crippen molar-refractivity contribution in [1.82, 2.24) is 5.32 Å². The Bertz CT molecular complexity index is 449. The third kappa shape index (κ3) is 3.39. The molecule has 1 fully saturated rings. The highest BCUT2D eigenvalue weighted by Crippen LogP contribution is 2.23. The van der Waals surface area contributed by atoms with Crippen LogP contribution in [0.3, 0.4) is 0 Å². The van der Waals surface area contributed by atoms with Crippen molar-refractivity contribution in [2.45, 2.75) is 32.2 Å². The van der Waals surface area contributed by atoms with Crippen LogP contribution in [-0.2, 0) is 0 Å². The minimum Gasteiger partial charge on any atom is -0.314 e. The Balaban J connectivity index is 2.03. The maximum absolute atomic E-state index is 13.0. The molecule has 1 aromatic carbocycles. The molecule has 18 heavy (non-hydrogen) atoms. The molecule has 2 unspecified atom stereocenters. The van der Waals surface area contributed by atoms with Gasteiger partial charge in [-0.2, -0.15) is 0 Å². The van der Waals surface area contributed by atoms with E-state index in [2.05, 4.69) is 28.2 Å². The molecular weight excluding hydrogens is 297 g/mol. The maximum Gasteiger partial charge on any atom is 0.165 e. The van der Waals surface area contributed by atoms with Gasteiger partial charge in [-0.1, -0.05) is 6.92 Å². The Morgan fingerprint density at radius 2 is 2.33 bits per heavy atom. The van der Waals surface area contributed by atoms with Crippen molar-refractivity contribution in [3.63, 3.8) is 0 Å². The summed E-state index contributed by atoms with van der Waals surface area (Å²) in [6.45, 7) is 3.19. The van der Waals surface area contributed by atoms with Gasteiger partial charge < -0.3 is 5.32 Å². The van der Waals surface area contributed by atoms with Crippen molar-refractivity contribution in [2.24, 2.45) is 5.92 Å². The van der Waals surface area contributed by atoms with E-state index < -0.39 is 0 Å². The molecule has 1 heterocycles. The molecule has 1 N–H and O–H groups in total. The third-order valence-electron chi connectivity index (χ3n) is 3.42. The summed E-state index contributed by atoms with van der Waals surface area (Å²) < 4.78 is 13.5. The number of ketones is 1. The van der Waals surface area contributed by atoms with Gasteiger partial charge in [0, 0.05) is 22.5 Å². The van der Waals surface area contributed by atoms with Crippen LogP contribution >= 0.6 is 15.9 Å². The number of nitrogens with one attached hydrogen (secondary N) is 1. The smallest absolute Gasteiger partial charge is 0.165 e.